The zero-order chi connectivity index (χ0) is 18.4. The molecule has 0 aliphatic rings. The fourth-order valence-electron chi connectivity index (χ4n) is 2.23. The van der Waals surface area contributed by atoms with Gasteiger partial charge >= 0.3 is 0 Å². The van der Waals surface area contributed by atoms with Gasteiger partial charge in [0.05, 0.1) is 23.8 Å². The predicted octanol–water partition coefficient (Wildman–Crippen LogP) is 3.33. The molecule has 2 rings (SSSR count). The van der Waals surface area contributed by atoms with Crippen LogP contribution in [0.2, 0.25) is 0 Å². The van der Waals surface area contributed by atoms with E-state index in [1.54, 1.807) is 43.3 Å². The average molecular weight is 358 g/mol. The molecule has 0 aliphatic carbocycles. The maximum Gasteiger partial charge on any atom is 0.284 e. The number of rotatable bonds is 5. The first kappa shape index (κ1) is 18.7. The van der Waals surface area contributed by atoms with E-state index in [2.05, 4.69) is 4.40 Å². The van der Waals surface area contributed by atoms with E-state index in [9.17, 15) is 8.42 Å². The minimum atomic E-state index is -3.84. The Kier molecular flexibility index (Phi) is 5.98. The van der Waals surface area contributed by atoms with E-state index in [0.29, 0.717) is 11.4 Å². The lowest BCUT2D eigenvalue weighted by Gasteiger charge is -2.18. The Morgan fingerprint density at radius 2 is 1.64 bits per heavy atom. The summed E-state index contributed by atoms with van der Waals surface area (Å²) in [5, 5.41) is 0. The summed E-state index contributed by atoms with van der Waals surface area (Å²) in [6, 6.07) is 16.0. The van der Waals surface area contributed by atoms with Crippen LogP contribution in [0.25, 0.3) is 5.57 Å². The van der Waals surface area contributed by atoms with Gasteiger partial charge in [-0.05, 0) is 24.6 Å². The standard InChI is InChI=1S/C19H22N2O3S/c1-15-10-12-17(13-11-15)25(22,23)20-19(21(2)3)18(14-24-4)16-8-6-5-7-9-16/h5-14H,1-4H3/b18-14+,20-19+. The Labute approximate surface area is 149 Å². The van der Waals surface area contributed by atoms with Crippen molar-refractivity contribution in [3.63, 3.8) is 0 Å². The van der Waals surface area contributed by atoms with Crippen molar-refractivity contribution < 1.29 is 13.2 Å². The smallest absolute Gasteiger partial charge is 0.284 e. The first-order valence-electron chi connectivity index (χ1n) is 7.73. The molecule has 0 aliphatic heterocycles. The summed E-state index contributed by atoms with van der Waals surface area (Å²) in [6.45, 7) is 1.90. The van der Waals surface area contributed by atoms with Crippen molar-refractivity contribution in [1.29, 1.82) is 0 Å². The van der Waals surface area contributed by atoms with Gasteiger partial charge < -0.3 is 9.64 Å². The average Bonchev–Trinajstić information content (AvgIpc) is 2.59. The van der Waals surface area contributed by atoms with Crippen LogP contribution in [0.1, 0.15) is 11.1 Å². The number of hydrogen-bond donors (Lipinski definition) is 0. The molecule has 0 N–H and O–H groups in total. The molecule has 0 bridgehead atoms. The van der Waals surface area contributed by atoms with Crippen LogP contribution in [0.5, 0.6) is 0 Å². The van der Waals surface area contributed by atoms with E-state index < -0.39 is 10.0 Å². The van der Waals surface area contributed by atoms with Crippen LogP contribution in [0.3, 0.4) is 0 Å². The summed E-state index contributed by atoms with van der Waals surface area (Å²) in [7, 11) is 1.17. The summed E-state index contributed by atoms with van der Waals surface area (Å²) in [6.07, 6.45) is 1.50. The van der Waals surface area contributed by atoms with Crippen LogP contribution >= 0.6 is 0 Å². The number of hydrogen-bond acceptors (Lipinski definition) is 3. The molecule has 0 aromatic heterocycles. The van der Waals surface area contributed by atoms with Gasteiger partial charge in [-0.2, -0.15) is 8.42 Å². The second kappa shape index (κ2) is 7.98. The van der Waals surface area contributed by atoms with Crippen molar-refractivity contribution in [1.82, 2.24) is 4.90 Å². The van der Waals surface area contributed by atoms with Gasteiger partial charge in [0.2, 0.25) is 0 Å². The second-order valence-corrected chi connectivity index (χ2v) is 7.33. The van der Waals surface area contributed by atoms with Gasteiger partial charge in [0.25, 0.3) is 10.0 Å². The maximum atomic E-state index is 12.7. The molecule has 132 valence electrons. The predicted molar refractivity (Wildman–Crippen MR) is 101 cm³/mol. The molecule has 25 heavy (non-hydrogen) atoms. The minimum absolute atomic E-state index is 0.155. The molecule has 0 unspecified atom stereocenters. The maximum absolute atomic E-state index is 12.7. The molecule has 2 aromatic carbocycles. The molecule has 0 fully saturated rings. The molecule has 0 amide bonds. The van der Waals surface area contributed by atoms with Crippen LogP contribution in [-0.2, 0) is 14.8 Å². The van der Waals surface area contributed by atoms with Crippen LogP contribution < -0.4 is 0 Å². The Morgan fingerprint density at radius 3 is 2.16 bits per heavy atom. The highest BCUT2D eigenvalue weighted by atomic mass is 32.2. The molecule has 0 saturated carbocycles. The fraction of sp³-hybridized carbons (Fsp3) is 0.211. The molecule has 0 saturated heterocycles. The first-order valence-corrected chi connectivity index (χ1v) is 9.17. The largest absolute Gasteiger partial charge is 0.504 e. The lowest BCUT2D eigenvalue weighted by atomic mass is 10.1. The van der Waals surface area contributed by atoms with Gasteiger partial charge in [0.1, 0.15) is 0 Å². The summed E-state index contributed by atoms with van der Waals surface area (Å²) in [5.74, 6) is 0.300. The lowest BCUT2D eigenvalue weighted by molar-refractivity contribution is 0.340. The lowest BCUT2D eigenvalue weighted by Crippen LogP contribution is -2.25. The SMILES string of the molecule is CO/C=C(/C(=N\S(=O)(=O)c1ccc(C)cc1)N(C)C)c1ccccc1. The first-order chi connectivity index (χ1) is 11.8. The molecule has 0 spiro atoms. The van der Waals surface area contributed by atoms with Gasteiger partial charge in [-0.25, -0.2) is 0 Å². The normalized spacial score (nSPS) is 12.8. The van der Waals surface area contributed by atoms with E-state index in [0.717, 1.165) is 11.1 Å². The quantitative estimate of drug-likeness (QED) is 0.467. The van der Waals surface area contributed by atoms with Crippen LogP contribution in [0.15, 0.2) is 70.2 Å². The number of nitrogens with zero attached hydrogens (tertiary/aromatic N) is 2. The highest BCUT2D eigenvalue weighted by molar-refractivity contribution is 7.90. The number of amidine groups is 1. The van der Waals surface area contributed by atoms with Crippen LogP contribution in [0.4, 0.5) is 0 Å². The Morgan fingerprint density at radius 1 is 1.04 bits per heavy atom. The van der Waals surface area contributed by atoms with Crippen molar-refractivity contribution in [2.75, 3.05) is 21.2 Å². The molecule has 6 heteroatoms. The number of ether oxygens (including phenoxy) is 1. The van der Waals surface area contributed by atoms with Crippen molar-refractivity contribution in [2.24, 2.45) is 4.40 Å². The van der Waals surface area contributed by atoms with E-state index in [1.165, 1.54) is 13.4 Å². The van der Waals surface area contributed by atoms with Crippen molar-refractivity contribution in [2.45, 2.75) is 11.8 Å². The third-order valence-electron chi connectivity index (χ3n) is 3.51. The Hall–Kier alpha value is -2.60. The second-order valence-electron chi connectivity index (χ2n) is 5.73. The molecule has 5 nitrogen and oxygen atoms in total. The zero-order valence-corrected chi connectivity index (χ0v) is 15.6. The van der Waals surface area contributed by atoms with Gasteiger partial charge in [-0.1, -0.05) is 48.0 Å². The van der Waals surface area contributed by atoms with Gasteiger partial charge in [-0.3, -0.25) is 0 Å². The number of methoxy groups -OCH3 is 1. The monoisotopic (exact) mass is 358 g/mol. The number of aryl methyl sites for hydroxylation is 1. The van der Waals surface area contributed by atoms with E-state index in [1.807, 2.05) is 37.3 Å². The summed E-state index contributed by atoms with van der Waals surface area (Å²) >= 11 is 0. The van der Waals surface area contributed by atoms with E-state index >= 15 is 0 Å². The number of likely N-dealkylation sites (N-methyl/N-ethyl adjacent to an activating group) is 1. The molecule has 0 atom stereocenters. The third kappa shape index (κ3) is 4.70. The van der Waals surface area contributed by atoms with Crippen molar-refractivity contribution >= 4 is 21.4 Å². The highest BCUT2D eigenvalue weighted by Gasteiger charge is 2.19. The molecule has 2 aromatic rings. The van der Waals surface area contributed by atoms with Crippen LogP contribution in [-0.4, -0.2) is 40.4 Å². The fourth-order valence-corrected chi connectivity index (χ4v) is 3.31. The molecular formula is C19H22N2O3S. The van der Waals surface area contributed by atoms with Gasteiger partial charge in [-0.15, -0.1) is 4.40 Å². The van der Waals surface area contributed by atoms with Crippen molar-refractivity contribution in [3.05, 3.63) is 72.0 Å². The van der Waals surface area contributed by atoms with E-state index in [4.69, 9.17) is 4.74 Å². The zero-order valence-electron chi connectivity index (χ0n) is 14.8. The summed E-state index contributed by atoms with van der Waals surface area (Å²) < 4.78 is 34.7. The number of benzene rings is 2. The third-order valence-corrected chi connectivity index (χ3v) is 4.79. The number of sulfonamides is 1. The Balaban J connectivity index is 2.57. The molecule has 0 heterocycles. The van der Waals surface area contributed by atoms with E-state index in [-0.39, 0.29) is 4.90 Å². The molecular weight excluding hydrogens is 336 g/mol. The van der Waals surface area contributed by atoms with Crippen LogP contribution in [0, 0.1) is 6.92 Å². The summed E-state index contributed by atoms with van der Waals surface area (Å²) in [5.41, 5.74) is 2.39. The van der Waals surface area contributed by atoms with Gasteiger partial charge in [0.15, 0.2) is 5.84 Å². The summed E-state index contributed by atoms with van der Waals surface area (Å²) in [4.78, 5) is 1.81. The highest BCUT2D eigenvalue weighted by Crippen LogP contribution is 2.21. The van der Waals surface area contributed by atoms with Gasteiger partial charge in [0, 0.05) is 14.1 Å². The Bertz CT molecular complexity index is 869. The van der Waals surface area contributed by atoms with Crippen molar-refractivity contribution in [3.8, 4) is 0 Å². The molecule has 0 radical (unpaired) electrons. The topological polar surface area (TPSA) is 59.0 Å². The minimum Gasteiger partial charge on any atom is -0.504 e.